The minimum Gasteiger partial charge on any atom is -0.497 e. The van der Waals surface area contributed by atoms with Crippen molar-refractivity contribution in [1.29, 1.82) is 0 Å². The van der Waals surface area contributed by atoms with Crippen LogP contribution in [0.25, 0.3) is 5.70 Å². The SMILES string of the molecule is COc1ccc2c(c1)C1=C(CC2)C(c2ccc(N3CCOCC3)cc2)N=C(N)N1. The topological polar surface area (TPSA) is 72.1 Å². The summed E-state index contributed by atoms with van der Waals surface area (Å²) in [6.07, 6.45) is 1.96. The van der Waals surface area contributed by atoms with Crippen molar-refractivity contribution in [3.8, 4) is 5.75 Å². The average molecular weight is 390 g/mol. The van der Waals surface area contributed by atoms with Crippen LogP contribution in [0.1, 0.15) is 29.2 Å². The molecule has 1 fully saturated rings. The molecule has 5 rings (SSSR count). The zero-order valence-corrected chi connectivity index (χ0v) is 16.6. The van der Waals surface area contributed by atoms with Crippen molar-refractivity contribution in [3.63, 3.8) is 0 Å². The number of nitrogens with two attached hydrogens (primary N) is 1. The van der Waals surface area contributed by atoms with Crippen LogP contribution in [-0.2, 0) is 11.2 Å². The summed E-state index contributed by atoms with van der Waals surface area (Å²) < 4.78 is 10.9. The molecule has 6 heteroatoms. The molecule has 0 radical (unpaired) electrons. The molecule has 150 valence electrons. The molecule has 3 N–H and O–H groups in total. The molecule has 2 aromatic carbocycles. The van der Waals surface area contributed by atoms with Crippen LogP contribution in [0.15, 0.2) is 53.0 Å². The van der Waals surface area contributed by atoms with Gasteiger partial charge in [-0.25, -0.2) is 4.99 Å². The summed E-state index contributed by atoms with van der Waals surface area (Å²) in [5.74, 6) is 1.31. The normalized spacial score (nSPS) is 21.1. The van der Waals surface area contributed by atoms with Gasteiger partial charge in [-0.1, -0.05) is 18.2 Å². The molecule has 29 heavy (non-hydrogen) atoms. The number of rotatable bonds is 3. The number of nitrogens with one attached hydrogen (secondary N) is 1. The minimum absolute atomic E-state index is 0.0515. The number of guanidine groups is 1. The second-order valence-corrected chi connectivity index (χ2v) is 7.66. The molecule has 0 aromatic heterocycles. The van der Waals surface area contributed by atoms with Gasteiger partial charge in [0.05, 0.1) is 26.0 Å². The molecule has 3 aliphatic rings. The molecule has 1 aliphatic carbocycles. The van der Waals surface area contributed by atoms with Crippen LogP contribution >= 0.6 is 0 Å². The van der Waals surface area contributed by atoms with Crippen molar-refractivity contribution in [2.24, 2.45) is 10.7 Å². The number of hydrogen-bond donors (Lipinski definition) is 2. The Hall–Kier alpha value is -2.99. The van der Waals surface area contributed by atoms with Gasteiger partial charge in [0.2, 0.25) is 0 Å². The second kappa shape index (κ2) is 7.44. The lowest BCUT2D eigenvalue weighted by atomic mass is 9.83. The Labute approximate surface area is 171 Å². The summed E-state index contributed by atoms with van der Waals surface area (Å²) in [5, 5.41) is 3.32. The van der Waals surface area contributed by atoms with E-state index >= 15 is 0 Å². The predicted molar refractivity (Wildman–Crippen MR) is 115 cm³/mol. The van der Waals surface area contributed by atoms with Gasteiger partial charge in [0.15, 0.2) is 5.96 Å². The first-order valence-electron chi connectivity index (χ1n) is 10.2. The van der Waals surface area contributed by atoms with Crippen LogP contribution in [0, 0.1) is 0 Å². The van der Waals surface area contributed by atoms with Crippen molar-refractivity contribution in [2.45, 2.75) is 18.9 Å². The summed E-state index contributed by atoms with van der Waals surface area (Å²) >= 11 is 0. The summed E-state index contributed by atoms with van der Waals surface area (Å²) in [4.78, 5) is 7.12. The predicted octanol–water partition coefficient (Wildman–Crippen LogP) is 2.85. The summed E-state index contributed by atoms with van der Waals surface area (Å²) in [6.45, 7) is 3.45. The molecule has 0 spiro atoms. The Morgan fingerprint density at radius 1 is 1.10 bits per heavy atom. The van der Waals surface area contributed by atoms with Gasteiger partial charge in [-0.05, 0) is 53.8 Å². The first-order chi connectivity index (χ1) is 14.2. The number of methoxy groups -OCH3 is 1. The molecule has 2 heterocycles. The number of anilines is 1. The van der Waals surface area contributed by atoms with E-state index < -0.39 is 0 Å². The molecule has 0 bridgehead atoms. The highest BCUT2D eigenvalue weighted by molar-refractivity contribution is 5.93. The number of aryl methyl sites for hydroxylation is 1. The third kappa shape index (κ3) is 3.34. The molecule has 2 aromatic rings. The van der Waals surface area contributed by atoms with Crippen LogP contribution in [0.5, 0.6) is 5.75 Å². The Morgan fingerprint density at radius 2 is 1.90 bits per heavy atom. The molecule has 1 atom stereocenters. The molecule has 2 aliphatic heterocycles. The van der Waals surface area contributed by atoms with Crippen LogP contribution in [0.2, 0.25) is 0 Å². The standard InChI is InChI=1S/C23H26N4O2/c1-28-18-8-4-15-5-9-19-21(25-23(24)26-22(19)20(15)14-18)16-2-6-17(7-3-16)27-10-12-29-13-11-27/h2-4,6-8,14,21H,5,9-13H2,1H3,(H3,24,25,26). The number of fused-ring (bicyclic) bond motifs is 2. The Morgan fingerprint density at radius 3 is 2.66 bits per heavy atom. The van der Waals surface area contributed by atoms with Crippen molar-refractivity contribution < 1.29 is 9.47 Å². The van der Waals surface area contributed by atoms with Gasteiger partial charge in [-0.3, -0.25) is 0 Å². The van der Waals surface area contributed by atoms with E-state index in [4.69, 9.17) is 20.2 Å². The molecule has 0 saturated carbocycles. The number of benzene rings is 2. The van der Waals surface area contributed by atoms with Gasteiger partial charge < -0.3 is 25.4 Å². The van der Waals surface area contributed by atoms with Crippen LogP contribution in [-0.4, -0.2) is 39.4 Å². The average Bonchev–Trinajstić information content (AvgIpc) is 2.79. The van der Waals surface area contributed by atoms with Gasteiger partial charge in [0.25, 0.3) is 0 Å². The number of ether oxygens (including phenoxy) is 2. The molecule has 1 saturated heterocycles. The van der Waals surface area contributed by atoms with Crippen molar-refractivity contribution >= 4 is 17.3 Å². The highest BCUT2D eigenvalue weighted by Crippen LogP contribution is 2.41. The maximum Gasteiger partial charge on any atom is 0.194 e. The minimum atomic E-state index is -0.0515. The van der Waals surface area contributed by atoms with E-state index in [1.165, 1.54) is 28.0 Å². The Bertz CT molecular complexity index is 975. The first kappa shape index (κ1) is 18.1. The Balaban J connectivity index is 1.49. The van der Waals surface area contributed by atoms with Gasteiger partial charge in [-0.15, -0.1) is 0 Å². The fourth-order valence-electron chi connectivity index (χ4n) is 4.46. The van der Waals surface area contributed by atoms with E-state index in [0.29, 0.717) is 5.96 Å². The van der Waals surface area contributed by atoms with Gasteiger partial charge in [0, 0.05) is 24.3 Å². The highest BCUT2D eigenvalue weighted by Gasteiger charge is 2.30. The van der Waals surface area contributed by atoms with Crippen LogP contribution < -0.4 is 20.7 Å². The lowest BCUT2D eigenvalue weighted by molar-refractivity contribution is 0.122. The highest BCUT2D eigenvalue weighted by atomic mass is 16.5. The van der Waals surface area contributed by atoms with Crippen molar-refractivity contribution in [2.75, 3.05) is 38.3 Å². The first-order valence-corrected chi connectivity index (χ1v) is 10.2. The van der Waals surface area contributed by atoms with Gasteiger partial charge >= 0.3 is 0 Å². The van der Waals surface area contributed by atoms with Gasteiger partial charge in [0.1, 0.15) is 11.8 Å². The molecule has 1 unspecified atom stereocenters. The summed E-state index contributed by atoms with van der Waals surface area (Å²) in [7, 11) is 1.70. The monoisotopic (exact) mass is 390 g/mol. The maximum atomic E-state index is 6.20. The van der Waals surface area contributed by atoms with E-state index in [-0.39, 0.29) is 6.04 Å². The summed E-state index contributed by atoms with van der Waals surface area (Å²) in [6, 6.07) is 15.0. The van der Waals surface area contributed by atoms with Crippen LogP contribution in [0.3, 0.4) is 0 Å². The largest absolute Gasteiger partial charge is 0.497 e. The van der Waals surface area contributed by atoms with E-state index in [1.807, 2.05) is 6.07 Å². The zero-order chi connectivity index (χ0) is 19.8. The number of aliphatic imine (C=N–C) groups is 1. The lowest BCUT2D eigenvalue weighted by Crippen LogP contribution is -2.37. The molecular weight excluding hydrogens is 364 g/mol. The molecule has 0 amide bonds. The Kier molecular flexibility index (Phi) is 4.64. The number of morpholine rings is 1. The number of hydrogen-bond acceptors (Lipinski definition) is 6. The van der Waals surface area contributed by atoms with E-state index in [9.17, 15) is 0 Å². The smallest absolute Gasteiger partial charge is 0.194 e. The van der Waals surface area contributed by atoms with E-state index in [0.717, 1.165) is 50.6 Å². The third-order valence-electron chi connectivity index (χ3n) is 6.01. The number of nitrogens with zero attached hydrogens (tertiary/aromatic N) is 2. The van der Waals surface area contributed by atoms with Crippen molar-refractivity contribution in [3.05, 3.63) is 64.7 Å². The van der Waals surface area contributed by atoms with Crippen LogP contribution in [0.4, 0.5) is 5.69 Å². The van der Waals surface area contributed by atoms with E-state index in [1.54, 1.807) is 7.11 Å². The quantitative estimate of drug-likeness (QED) is 0.843. The fourth-order valence-corrected chi connectivity index (χ4v) is 4.46. The summed E-state index contributed by atoms with van der Waals surface area (Å²) in [5.41, 5.74) is 13.5. The maximum absolute atomic E-state index is 6.20. The molecule has 6 nitrogen and oxygen atoms in total. The zero-order valence-electron chi connectivity index (χ0n) is 16.6. The van der Waals surface area contributed by atoms with Gasteiger partial charge in [-0.2, -0.15) is 0 Å². The fraction of sp³-hybridized carbons (Fsp3) is 0.348. The third-order valence-corrected chi connectivity index (χ3v) is 6.01. The molecular formula is C23H26N4O2. The lowest BCUT2D eigenvalue weighted by Gasteiger charge is -2.32. The second-order valence-electron chi connectivity index (χ2n) is 7.66. The van der Waals surface area contributed by atoms with E-state index in [2.05, 4.69) is 46.6 Å². The van der Waals surface area contributed by atoms with Crippen molar-refractivity contribution in [1.82, 2.24) is 5.32 Å².